The lowest BCUT2D eigenvalue weighted by Gasteiger charge is -2.12. The molecule has 1 fully saturated rings. The van der Waals surface area contributed by atoms with Crippen LogP contribution >= 0.6 is 22.2 Å². The summed E-state index contributed by atoms with van der Waals surface area (Å²) < 4.78 is 9.52. The number of ether oxygens (including phenoxy) is 2. The smallest absolute Gasteiger partial charge is 0.351 e. The van der Waals surface area contributed by atoms with Gasteiger partial charge in [0.05, 0.1) is 18.8 Å². The van der Waals surface area contributed by atoms with E-state index in [4.69, 9.17) is 0 Å². The Hall–Kier alpha value is -0.750. The number of carbonyl (C=O) groups excluding carboxylic acids is 2. The first-order valence-electron chi connectivity index (χ1n) is 5.13. The molecule has 0 saturated carbocycles. The minimum absolute atomic E-state index is 0.156. The van der Waals surface area contributed by atoms with Crippen molar-refractivity contribution in [2.24, 2.45) is 0 Å². The van der Waals surface area contributed by atoms with Crippen LogP contribution < -0.4 is 0 Å². The highest BCUT2D eigenvalue weighted by molar-refractivity contribution is 8.30. The summed E-state index contributed by atoms with van der Waals surface area (Å²) >= 11 is 1.75. The minimum atomic E-state index is -0.572. The summed E-state index contributed by atoms with van der Waals surface area (Å²) in [6.45, 7) is 1.93. The first-order chi connectivity index (χ1) is 8.15. The van der Waals surface area contributed by atoms with Crippen LogP contribution in [0.2, 0.25) is 0 Å². The van der Waals surface area contributed by atoms with Crippen LogP contribution in [0.15, 0.2) is 12.2 Å². The van der Waals surface area contributed by atoms with E-state index >= 15 is 0 Å². The molecule has 0 aliphatic carbocycles. The Bertz CT molecular complexity index is 356. The average Bonchev–Trinajstić information content (AvgIpc) is 2.77. The van der Waals surface area contributed by atoms with Crippen molar-refractivity contribution in [3.05, 3.63) is 12.2 Å². The number of esters is 2. The highest BCUT2D eigenvalue weighted by Gasteiger charge is 2.30. The standard InChI is InChI=1S/C11H16O4S2/c1-4-5-8-16-6-7-17(8)9(10(12)14-2)11(13)15-3/h4-5,8H,6-7H2,1-3H3/b5-4+. The van der Waals surface area contributed by atoms with Gasteiger partial charge in [0.2, 0.25) is 0 Å². The van der Waals surface area contributed by atoms with E-state index in [2.05, 4.69) is 9.47 Å². The van der Waals surface area contributed by atoms with Crippen LogP contribution in [0.3, 0.4) is 0 Å². The van der Waals surface area contributed by atoms with Crippen LogP contribution in [0, 0.1) is 0 Å². The Morgan fingerprint density at radius 2 is 1.88 bits per heavy atom. The number of hydrogen-bond donors (Lipinski definition) is 0. The zero-order valence-corrected chi connectivity index (χ0v) is 11.7. The fourth-order valence-corrected chi connectivity index (χ4v) is 6.20. The quantitative estimate of drug-likeness (QED) is 0.338. The van der Waals surface area contributed by atoms with Crippen molar-refractivity contribution in [3.63, 3.8) is 0 Å². The largest absolute Gasteiger partial charge is 0.465 e. The third-order valence-corrected chi connectivity index (χ3v) is 6.73. The molecular formula is C11H16O4S2. The Morgan fingerprint density at radius 3 is 2.35 bits per heavy atom. The molecule has 4 nitrogen and oxygen atoms in total. The second-order valence-electron chi connectivity index (χ2n) is 3.21. The molecule has 1 aliphatic heterocycles. The van der Waals surface area contributed by atoms with E-state index in [1.807, 2.05) is 19.1 Å². The molecule has 0 amide bonds. The van der Waals surface area contributed by atoms with Gasteiger partial charge >= 0.3 is 11.9 Å². The third-order valence-electron chi connectivity index (χ3n) is 2.22. The summed E-state index contributed by atoms with van der Waals surface area (Å²) in [5.74, 6) is 0.615. The molecule has 6 heteroatoms. The fraction of sp³-hybridized carbons (Fsp3) is 0.545. The third kappa shape index (κ3) is 3.35. The van der Waals surface area contributed by atoms with E-state index < -0.39 is 22.4 Å². The molecule has 1 rings (SSSR count). The maximum Gasteiger partial charge on any atom is 0.351 e. The molecule has 0 N–H and O–H groups in total. The van der Waals surface area contributed by atoms with Crippen molar-refractivity contribution in [2.75, 3.05) is 25.7 Å². The van der Waals surface area contributed by atoms with Gasteiger partial charge in [-0.3, -0.25) is 0 Å². The van der Waals surface area contributed by atoms with E-state index in [9.17, 15) is 9.59 Å². The van der Waals surface area contributed by atoms with Gasteiger partial charge in [-0.2, -0.15) is 0 Å². The Labute approximate surface area is 108 Å². The predicted octanol–water partition coefficient (Wildman–Crippen LogP) is 1.42. The summed E-state index contributed by atoms with van der Waals surface area (Å²) in [4.78, 5) is 23.5. The van der Waals surface area contributed by atoms with Crippen LogP contribution in [0.1, 0.15) is 6.92 Å². The topological polar surface area (TPSA) is 52.6 Å². The molecular weight excluding hydrogens is 260 g/mol. The predicted molar refractivity (Wildman–Crippen MR) is 72.6 cm³/mol. The number of thioether (sulfide) groups is 1. The number of methoxy groups -OCH3 is 2. The summed E-state index contributed by atoms with van der Waals surface area (Å²) in [6, 6.07) is 0. The second kappa shape index (κ2) is 6.86. The molecule has 96 valence electrons. The lowest BCUT2D eigenvalue weighted by molar-refractivity contribution is -0.137. The maximum absolute atomic E-state index is 11.7. The molecule has 0 aromatic heterocycles. The molecule has 0 radical (unpaired) electrons. The maximum atomic E-state index is 11.7. The van der Waals surface area contributed by atoms with Crippen molar-refractivity contribution < 1.29 is 19.1 Å². The molecule has 2 unspecified atom stereocenters. The molecule has 2 atom stereocenters. The van der Waals surface area contributed by atoms with Crippen molar-refractivity contribution in [1.82, 2.24) is 0 Å². The Morgan fingerprint density at radius 1 is 1.29 bits per heavy atom. The lowest BCUT2D eigenvalue weighted by atomic mass is 10.4. The number of hydrogen-bond acceptors (Lipinski definition) is 5. The molecule has 0 spiro atoms. The van der Waals surface area contributed by atoms with Gasteiger partial charge in [0.15, 0.2) is 4.86 Å². The zero-order valence-electron chi connectivity index (χ0n) is 10.1. The van der Waals surface area contributed by atoms with Gasteiger partial charge in [-0.05, 0) is 12.7 Å². The van der Waals surface area contributed by atoms with Crippen LogP contribution in [-0.4, -0.2) is 47.1 Å². The lowest BCUT2D eigenvalue weighted by Crippen LogP contribution is -2.28. The van der Waals surface area contributed by atoms with Gasteiger partial charge in [-0.25, -0.2) is 9.59 Å². The van der Waals surface area contributed by atoms with Crippen molar-refractivity contribution in [2.45, 2.75) is 11.5 Å². The van der Waals surface area contributed by atoms with E-state index in [-0.39, 0.29) is 9.45 Å². The van der Waals surface area contributed by atoms with Crippen LogP contribution in [0.5, 0.6) is 0 Å². The summed E-state index contributed by atoms with van der Waals surface area (Å²) in [6.07, 6.45) is 3.96. The highest BCUT2D eigenvalue weighted by atomic mass is 32.2. The molecule has 1 saturated heterocycles. The molecule has 0 bridgehead atoms. The van der Waals surface area contributed by atoms with E-state index in [0.717, 1.165) is 11.5 Å². The van der Waals surface area contributed by atoms with Gasteiger partial charge in [-0.15, -0.1) is 22.2 Å². The second-order valence-corrected chi connectivity index (χ2v) is 6.94. The summed E-state index contributed by atoms with van der Waals surface area (Å²) in [5.41, 5.74) is 0. The fourth-order valence-electron chi connectivity index (χ4n) is 1.46. The zero-order chi connectivity index (χ0) is 12.8. The monoisotopic (exact) mass is 276 g/mol. The van der Waals surface area contributed by atoms with E-state index in [0.29, 0.717) is 0 Å². The highest BCUT2D eigenvalue weighted by Crippen LogP contribution is 2.40. The van der Waals surface area contributed by atoms with Gasteiger partial charge < -0.3 is 9.47 Å². The van der Waals surface area contributed by atoms with Crippen LogP contribution in [0.4, 0.5) is 0 Å². The van der Waals surface area contributed by atoms with E-state index in [1.54, 1.807) is 11.8 Å². The van der Waals surface area contributed by atoms with Gasteiger partial charge in [-0.1, -0.05) is 12.2 Å². The normalized spacial score (nSPS) is 23.7. The number of allylic oxidation sites excluding steroid dienone is 1. The summed E-state index contributed by atoms with van der Waals surface area (Å²) in [7, 11) is 2.14. The Kier molecular flexibility index (Phi) is 5.77. The minimum Gasteiger partial charge on any atom is -0.465 e. The van der Waals surface area contributed by atoms with Crippen molar-refractivity contribution >= 4 is 39.0 Å². The van der Waals surface area contributed by atoms with Gasteiger partial charge in [0, 0.05) is 5.75 Å². The van der Waals surface area contributed by atoms with Gasteiger partial charge in [0.1, 0.15) is 0 Å². The molecule has 17 heavy (non-hydrogen) atoms. The SMILES string of the molecule is C/C=C/C1SCCS1=C(C(=O)OC)C(=O)OC. The first kappa shape index (κ1) is 14.3. The number of rotatable bonds is 3. The van der Waals surface area contributed by atoms with Crippen LogP contribution in [-0.2, 0) is 19.1 Å². The molecule has 0 aromatic carbocycles. The number of carbonyl (C=O) groups is 2. The first-order valence-corrected chi connectivity index (χ1v) is 7.64. The van der Waals surface area contributed by atoms with Crippen LogP contribution in [0.25, 0.3) is 0 Å². The average molecular weight is 276 g/mol. The molecule has 1 aliphatic rings. The molecule has 1 heterocycles. The van der Waals surface area contributed by atoms with E-state index in [1.165, 1.54) is 14.2 Å². The van der Waals surface area contributed by atoms with Gasteiger partial charge in [0.25, 0.3) is 0 Å². The molecule has 0 aromatic rings. The summed E-state index contributed by atoms with van der Waals surface area (Å²) in [5, 5.41) is 0. The van der Waals surface area contributed by atoms with Crippen molar-refractivity contribution in [1.29, 1.82) is 0 Å². The van der Waals surface area contributed by atoms with Crippen molar-refractivity contribution in [3.8, 4) is 0 Å². The Balaban J connectivity index is 3.17.